The van der Waals surface area contributed by atoms with E-state index in [1.807, 2.05) is 0 Å². The lowest BCUT2D eigenvalue weighted by atomic mass is 10.2. The summed E-state index contributed by atoms with van der Waals surface area (Å²) in [6.07, 6.45) is 0.921. The fourth-order valence-corrected chi connectivity index (χ4v) is 3.15. The minimum atomic E-state index is -0.610. The molecule has 0 saturated heterocycles. The molecule has 2 aromatic carbocycles. The molecule has 0 saturated carbocycles. The molecular weight excluding hydrogens is 421 g/mol. The lowest BCUT2D eigenvalue weighted by Crippen LogP contribution is -2.21. The largest absolute Gasteiger partial charge is 0.493 e. The Bertz CT molecular complexity index is 1040. The van der Waals surface area contributed by atoms with Crippen LogP contribution < -0.4 is 20.1 Å². The van der Waals surface area contributed by atoms with Crippen molar-refractivity contribution in [1.82, 2.24) is 4.98 Å². The highest BCUT2D eigenvalue weighted by Gasteiger charge is 2.16. The van der Waals surface area contributed by atoms with Crippen LogP contribution in [-0.4, -0.2) is 23.9 Å². The first-order valence-electron chi connectivity index (χ1n) is 8.26. The molecule has 2 N–H and O–H groups in total. The van der Waals surface area contributed by atoms with Crippen LogP contribution in [0.4, 0.5) is 15.2 Å². The van der Waals surface area contributed by atoms with Crippen molar-refractivity contribution in [2.45, 2.75) is 6.42 Å². The number of nitrogens with zero attached hydrogens (tertiary/aromatic N) is 1. The Morgan fingerprint density at radius 3 is 2.52 bits per heavy atom. The maximum atomic E-state index is 13.7. The van der Waals surface area contributed by atoms with Crippen LogP contribution in [0.1, 0.15) is 6.42 Å². The van der Waals surface area contributed by atoms with E-state index in [0.717, 1.165) is 17.4 Å². The Morgan fingerprint density at radius 2 is 1.83 bits per heavy atom. The van der Waals surface area contributed by atoms with Crippen LogP contribution in [0.5, 0.6) is 17.2 Å². The van der Waals surface area contributed by atoms with E-state index in [9.17, 15) is 14.0 Å². The van der Waals surface area contributed by atoms with Gasteiger partial charge in [-0.2, -0.15) is 0 Å². The third-order valence-electron chi connectivity index (χ3n) is 3.55. The van der Waals surface area contributed by atoms with Crippen LogP contribution in [0.2, 0.25) is 4.34 Å². The number of para-hydroxylation sites is 2. The number of rotatable bonds is 7. The number of ether oxygens (including phenoxy) is 2. The molecule has 1 aromatic heterocycles. The molecule has 0 atom stereocenters. The highest BCUT2D eigenvalue weighted by atomic mass is 35.5. The minimum Gasteiger partial charge on any atom is -0.493 e. The molecule has 0 unspecified atom stereocenters. The zero-order valence-corrected chi connectivity index (χ0v) is 16.6. The van der Waals surface area contributed by atoms with Crippen molar-refractivity contribution < 1.29 is 23.5 Å². The zero-order chi connectivity index (χ0) is 20.8. The number of thiazole rings is 1. The second-order valence-electron chi connectivity index (χ2n) is 5.64. The van der Waals surface area contributed by atoms with Gasteiger partial charge in [-0.3, -0.25) is 9.59 Å². The summed E-state index contributed by atoms with van der Waals surface area (Å²) in [7, 11) is 1.48. The first-order valence-corrected chi connectivity index (χ1v) is 9.45. The van der Waals surface area contributed by atoms with E-state index >= 15 is 0 Å². The zero-order valence-electron chi connectivity index (χ0n) is 15.1. The summed E-state index contributed by atoms with van der Waals surface area (Å²) in [4.78, 5) is 28.1. The van der Waals surface area contributed by atoms with E-state index in [2.05, 4.69) is 15.6 Å². The number of carbonyl (C=O) groups excluding carboxylic acids is 2. The van der Waals surface area contributed by atoms with Gasteiger partial charge in [-0.05, 0) is 24.3 Å². The van der Waals surface area contributed by atoms with Gasteiger partial charge in [-0.15, -0.1) is 0 Å². The Labute approximate surface area is 174 Å². The maximum Gasteiger partial charge on any atom is 0.235 e. The summed E-state index contributed by atoms with van der Waals surface area (Å²) in [5.41, 5.74) is 0.201. The maximum absolute atomic E-state index is 13.7. The van der Waals surface area contributed by atoms with Crippen LogP contribution in [0.25, 0.3) is 0 Å². The fraction of sp³-hybridized carbons (Fsp3) is 0.105. The van der Waals surface area contributed by atoms with Crippen molar-refractivity contribution in [1.29, 1.82) is 0 Å². The Balaban J connectivity index is 1.70. The summed E-state index contributed by atoms with van der Waals surface area (Å²) in [6.45, 7) is 0. The highest BCUT2D eigenvalue weighted by Crippen LogP contribution is 2.35. The first-order chi connectivity index (χ1) is 13.9. The summed E-state index contributed by atoms with van der Waals surface area (Å²) < 4.78 is 25.1. The Hall–Kier alpha value is -3.17. The van der Waals surface area contributed by atoms with Crippen molar-refractivity contribution >= 4 is 45.6 Å². The number of halogens is 2. The second-order valence-corrected chi connectivity index (χ2v) is 7.30. The first kappa shape index (κ1) is 20.6. The molecule has 0 radical (unpaired) electrons. The SMILES string of the molecule is COc1ccccc1Oc1cc(F)ccc1NC(=O)CC(=O)Nc1ncc(Cl)s1. The summed E-state index contributed by atoms with van der Waals surface area (Å²) >= 11 is 6.82. The molecule has 0 aliphatic rings. The normalized spacial score (nSPS) is 10.3. The molecule has 3 rings (SSSR count). The average Bonchev–Trinajstić information content (AvgIpc) is 3.08. The van der Waals surface area contributed by atoms with E-state index in [1.54, 1.807) is 24.3 Å². The van der Waals surface area contributed by atoms with Crippen LogP contribution in [-0.2, 0) is 9.59 Å². The molecule has 150 valence electrons. The molecule has 3 aromatic rings. The number of aromatic nitrogens is 1. The smallest absolute Gasteiger partial charge is 0.235 e. The van der Waals surface area contributed by atoms with Crippen molar-refractivity contribution in [3.8, 4) is 17.2 Å². The highest BCUT2D eigenvalue weighted by molar-refractivity contribution is 7.19. The van der Waals surface area contributed by atoms with E-state index in [4.69, 9.17) is 21.1 Å². The number of hydrogen-bond donors (Lipinski definition) is 2. The predicted octanol–water partition coefficient (Wildman–Crippen LogP) is 4.70. The lowest BCUT2D eigenvalue weighted by molar-refractivity contribution is -0.123. The molecular formula is C19H15ClFN3O4S. The molecule has 0 aliphatic carbocycles. The topological polar surface area (TPSA) is 89.5 Å². The van der Waals surface area contributed by atoms with Gasteiger partial charge < -0.3 is 20.1 Å². The lowest BCUT2D eigenvalue weighted by Gasteiger charge is -2.14. The monoisotopic (exact) mass is 435 g/mol. The molecule has 7 nitrogen and oxygen atoms in total. The molecule has 0 aliphatic heterocycles. The van der Waals surface area contributed by atoms with Gasteiger partial charge in [-0.1, -0.05) is 35.1 Å². The number of carbonyl (C=O) groups is 2. The average molecular weight is 436 g/mol. The van der Waals surface area contributed by atoms with Gasteiger partial charge in [0.05, 0.1) is 19.0 Å². The molecule has 0 fully saturated rings. The Kier molecular flexibility index (Phi) is 6.63. The Morgan fingerprint density at radius 1 is 1.10 bits per heavy atom. The number of amides is 2. The fourth-order valence-electron chi connectivity index (χ4n) is 2.32. The number of nitrogens with one attached hydrogen (secondary N) is 2. The molecule has 29 heavy (non-hydrogen) atoms. The standard InChI is InChI=1S/C19H15ClFN3O4S/c1-27-13-4-2-3-5-14(13)28-15-8-11(21)6-7-12(15)23-17(25)9-18(26)24-19-22-10-16(20)29-19/h2-8,10H,9H2,1H3,(H,23,25)(H,22,24,26). The summed E-state index contributed by atoms with van der Waals surface area (Å²) in [6, 6.07) is 10.4. The summed E-state index contributed by atoms with van der Waals surface area (Å²) in [5, 5.41) is 5.30. The van der Waals surface area contributed by atoms with Gasteiger partial charge in [0.2, 0.25) is 11.8 Å². The van der Waals surface area contributed by atoms with Gasteiger partial charge in [0, 0.05) is 6.07 Å². The van der Waals surface area contributed by atoms with E-state index < -0.39 is 24.1 Å². The molecule has 0 bridgehead atoms. The molecule has 2 amide bonds. The van der Waals surface area contributed by atoms with E-state index in [1.165, 1.54) is 25.4 Å². The van der Waals surface area contributed by atoms with Gasteiger partial charge in [0.25, 0.3) is 0 Å². The van der Waals surface area contributed by atoms with Crippen LogP contribution in [0.3, 0.4) is 0 Å². The quantitative estimate of drug-likeness (QED) is 0.525. The molecule has 10 heteroatoms. The number of hydrogen-bond acceptors (Lipinski definition) is 6. The second kappa shape index (κ2) is 9.35. The third-order valence-corrected chi connectivity index (χ3v) is 4.58. The van der Waals surface area contributed by atoms with Gasteiger partial charge in [-0.25, -0.2) is 9.37 Å². The van der Waals surface area contributed by atoms with E-state index in [0.29, 0.717) is 15.8 Å². The van der Waals surface area contributed by atoms with Crippen molar-refractivity contribution in [3.63, 3.8) is 0 Å². The van der Waals surface area contributed by atoms with Crippen molar-refractivity contribution in [3.05, 3.63) is 58.8 Å². The van der Waals surface area contributed by atoms with Gasteiger partial charge in [0.15, 0.2) is 22.4 Å². The van der Waals surface area contributed by atoms with Crippen LogP contribution in [0, 0.1) is 5.82 Å². The third kappa shape index (κ3) is 5.66. The van der Waals surface area contributed by atoms with E-state index in [-0.39, 0.29) is 16.6 Å². The van der Waals surface area contributed by atoms with Crippen molar-refractivity contribution in [2.24, 2.45) is 0 Å². The number of anilines is 2. The number of benzene rings is 2. The van der Waals surface area contributed by atoms with Crippen LogP contribution in [0.15, 0.2) is 48.7 Å². The predicted molar refractivity (Wildman–Crippen MR) is 108 cm³/mol. The molecule has 1 heterocycles. The van der Waals surface area contributed by atoms with Gasteiger partial charge >= 0.3 is 0 Å². The van der Waals surface area contributed by atoms with Crippen molar-refractivity contribution in [2.75, 3.05) is 17.7 Å². The van der Waals surface area contributed by atoms with Gasteiger partial charge in [0.1, 0.15) is 16.6 Å². The molecule has 0 spiro atoms. The number of methoxy groups -OCH3 is 1. The summed E-state index contributed by atoms with van der Waals surface area (Å²) in [5.74, 6) is -0.879. The van der Waals surface area contributed by atoms with Crippen LogP contribution >= 0.6 is 22.9 Å². The minimum absolute atomic E-state index is 0.0648.